The summed E-state index contributed by atoms with van der Waals surface area (Å²) in [5, 5.41) is 6.48. The van der Waals surface area contributed by atoms with Gasteiger partial charge in [0.1, 0.15) is 6.54 Å². The number of carbonyl (C=O) groups excluding carboxylic acids is 1. The van der Waals surface area contributed by atoms with E-state index < -0.39 is 0 Å². The van der Waals surface area contributed by atoms with E-state index in [0.29, 0.717) is 25.8 Å². The van der Waals surface area contributed by atoms with Crippen molar-refractivity contribution in [1.29, 1.82) is 0 Å². The first-order valence-electron chi connectivity index (χ1n) is 9.13. The highest BCUT2D eigenvalue weighted by Crippen LogP contribution is 2.07. The number of amides is 1. The van der Waals surface area contributed by atoms with Gasteiger partial charge in [-0.25, -0.2) is 4.99 Å². The normalized spacial score (nSPS) is 17.6. The van der Waals surface area contributed by atoms with Gasteiger partial charge in [0.15, 0.2) is 5.96 Å². The molecule has 1 heterocycles. The topological polar surface area (TPSA) is 84.4 Å². The number of likely N-dealkylation sites (N-methyl/N-ethyl adjacent to an activating group) is 1. The number of carbonyl (C=O) groups is 1. The second kappa shape index (κ2) is 13.9. The van der Waals surface area contributed by atoms with Gasteiger partial charge in [-0.3, -0.25) is 4.79 Å². The van der Waals surface area contributed by atoms with Gasteiger partial charge < -0.3 is 29.7 Å². The Morgan fingerprint density at radius 2 is 1.96 bits per heavy atom. The average Bonchev–Trinajstić information content (AvgIpc) is 3.11. The second-order valence-electron chi connectivity index (χ2n) is 6.07. The van der Waals surface area contributed by atoms with Crippen LogP contribution in [0.3, 0.4) is 0 Å². The van der Waals surface area contributed by atoms with Crippen LogP contribution in [-0.4, -0.2) is 89.6 Å². The van der Waals surface area contributed by atoms with Gasteiger partial charge in [0.05, 0.1) is 12.7 Å². The standard InChI is InChI=1S/C17H34N4O4/c1-4-23-10-5-8-18-17(20-13-16(22)21(2)3)19-9-6-11-25-15-7-12-24-14-15/h15H,4-14H2,1-3H3,(H2,18,19,20). The molecule has 0 saturated carbocycles. The average molecular weight is 358 g/mol. The van der Waals surface area contributed by atoms with Crippen LogP contribution in [0.1, 0.15) is 26.2 Å². The van der Waals surface area contributed by atoms with Crippen LogP contribution in [0.15, 0.2) is 4.99 Å². The molecule has 8 heteroatoms. The summed E-state index contributed by atoms with van der Waals surface area (Å²) >= 11 is 0. The molecule has 0 aromatic rings. The summed E-state index contributed by atoms with van der Waals surface area (Å²) in [7, 11) is 3.45. The van der Waals surface area contributed by atoms with Crippen molar-refractivity contribution in [3.63, 3.8) is 0 Å². The molecule has 2 N–H and O–H groups in total. The summed E-state index contributed by atoms with van der Waals surface area (Å²) in [5.41, 5.74) is 0. The molecule has 1 aliphatic heterocycles. The third-order valence-corrected chi connectivity index (χ3v) is 3.69. The number of hydrogen-bond acceptors (Lipinski definition) is 5. The van der Waals surface area contributed by atoms with E-state index in [9.17, 15) is 4.79 Å². The highest BCUT2D eigenvalue weighted by atomic mass is 16.5. The number of nitrogens with zero attached hydrogens (tertiary/aromatic N) is 2. The zero-order valence-electron chi connectivity index (χ0n) is 15.9. The molecule has 0 radical (unpaired) electrons. The van der Waals surface area contributed by atoms with E-state index >= 15 is 0 Å². The van der Waals surface area contributed by atoms with Gasteiger partial charge in [-0.05, 0) is 26.2 Å². The smallest absolute Gasteiger partial charge is 0.243 e. The van der Waals surface area contributed by atoms with Crippen LogP contribution >= 0.6 is 0 Å². The summed E-state index contributed by atoms with van der Waals surface area (Å²) < 4.78 is 16.3. The molecule has 1 unspecified atom stereocenters. The minimum Gasteiger partial charge on any atom is -0.382 e. The summed E-state index contributed by atoms with van der Waals surface area (Å²) in [5.74, 6) is 0.621. The SMILES string of the molecule is CCOCCCNC(=NCC(=O)N(C)C)NCCCOC1CCOC1. The van der Waals surface area contributed by atoms with Gasteiger partial charge in [0.25, 0.3) is 0 Å². The van der Waals surface area contributed by atoms with E-state index in [1.807, 2.05) is 6.92 Å². The summed E-state index contributed by atoms with van der Waals surface area (Å²) in [6, 6.07) is 0. The first-order chi connectivity index (χ1) is 12.1. The van der Waals surface area contributed by atoms with Crippen molar-refractivity contribution in [2.24, 2.45) is 4.99 Å². The predicted molar refractivity (Wildman–Crippen MR) is 97.9 cm³/mol. The first-order valence-corrected chi connectivity index (χ1v) is 9.13. The first kappa shape index (κ1) is 21.7. The van der Waals surface area contributed by atoms with Crippen LogP contribution in [0.2, 0.25) is 0 Å². The lowest BCUT2D eigenvalue weighted by Gasteiger charge is -2.14. The Morgan fingerprint density at radius 3 is 2.56 bits per heavy atom. The molecule has 1 atom stereocenters. The summed E-state index contributed by atoms with van der Waals surface area (Å²) in [6.45, 7) is 7.22. The van der Waals surface area contributed by atoms with Crippen LogP contribution < -0.4 is 10.6 Å². The molecule has 0 aromatic carbocycles. The lowest BCUT2D eigenvalue weighted by molar-refractivity contribution is -0.127. The molecule has 1 fully saturated rings. The third-order valence-electron chi connectivity index (χ3n) is 3.69. The fraction of sp³-hybridized carbons (Fsp3) is 0.882. The molecule has 0 aliphatic carbocycles. The number of nitrogens with one attached hydrogen (secondary N) is 2. The molecule has 146 valence electrons. The predicted octanol–water partition coefficient (Wildman–Crippen LogP) is 0.232. The maximum Gasteiger partial charge on any atom is 0.243 e. The molecule has 1 amide bonds. The largest absolute Gasteiger partial charge is 0.382 e. The van der Waals surface area contributed by atoms with Crippen molar-refractivity contribution in [3.05, 3.63) is 0 Å². The Hall–Kier alpha value is -1.38. The minimum atomic E-state index is -0.0278. The van der Waals surface area contributed by atoms with Gasteiger partial charge in [-0.15, -0.1) is 0 Å². The van der Waals surface area contributed by atoms with Crippen LogP contribution in [0, 0.1) is 0 Å². The van der Waals surface area contributed by atoms with Crippen molar-refractivity contribution >= 4 is 11.9 Å². The number of rotatable bonds is 12. The zero-order chi connectivity index (χ0) is 18.3. The Bertz CT molecular complexity index is 385. The molecule has 0 aromatic heterocycles. The van der Waals surface area contributed by atoms with E-state index in [-0.39, 0.29) is 18.6 Å². The Morgan fingerprint density at radius 1 is 1.24 bits per heavy atom. The van der Waals surface area contributed by atoms with Crippen LogP contribution in [0.5, 0.6) is 0 Å². The molecule has 0 spiro atoms. The van der Waals surface area contributed by atoms with E-state index in [4.69, 9.17) is 14.2 Å². The van der Waals surface area contributed by atoms with Crippen LogP contribution in [0.25, 0.3) is 0 Å². The van der Waals surface area contributed by atoms with E-state index in [1.54, 1.807) is 14.1 Å². The quantitative estimate of drug-likeness (QED) is 0.295. The minimum absolute atomic E-state index is 0.0278. The molecule has 1 saturated heterocycles. The lowest BCUT2D eigenvalue weighted by atomic mass is 10.3. The molecule has 1 rings (SSSR count). The van der Waals surface area contributed by atoms with E-state index in [0.717, 1.165) is 45.6 Å². The van der Waals surface area contributed by atoms with E-state index in [2.05, 4.69) is 15.6 Å². The van der Waals surface area contributed by atoms with Crippen LogP contribution in [-0.2, 0) is 19.0 Å². The molecule has 0 bridgehead atoms. The Kier molecular flexibility index (Phi) is 12.0. The van der Waals surface area contributed by atoms with Crippen molar-refractivity contribution in [2.75, 3.05) is 66.8 Å². The molecule has 1 aliphatic rings. The molecule has 8 nitrogen and oxygen atoms in total. The fourth-order valence-corrected chi connectivity index (χ4v) is 2.16. The Labute approximate surface area is 151 Å². The van der Waals surface area contributed by atoms with Gasteiger partial charge in [0.2, 0.25) is 5.91 Å². The highest BCUT2D eigenvalue weighted by molar-refractivity contribution is 5.84. The van der Waals surface area contributed by atoms with Crippen molar-refractivity contribution in [1.82, 2.24) is 15.5 Å². The molecular formula is C17H34N4O4. The highest BCUT2D eigenvalue weighted by Gasteiger charge is 2.15. The number of ether oxygens (including phenoxy) is 3. The third kappa shape index (κ3) is 11.0. The zero-order valence-corrected chi connectivity index (χ0v) is 15.9. The number of aliphatic imine (C=N–C) groups is 1. The van der Waals surface area contributed by atoms with Crippen molar-refractivity contribution in [3.8, 4) is 0 Å². The summed E-state index contributed by atoms with van der Waals surface area (Å²) in [6.07, 6.45) is 2.98. The molecular weight excluding hydrogens is 324 g/mol. The van der Waals surface area contributed by atoms with Gasteiger partial charge in [0, 0.05) is 53.6 Å². The van der Waals surface area contributed by atoms with Gasteiger partial charge in [-0.2, -0.15) is 0 Å². The maximum atomic E-state index is 11.7. The Balaban J connectivity index is 2.25. The van der Waals surface area contributed by atoms with Crippen molar-refractivity contribution in [2.45, 2.75) is 32.3 Å². The second-order valence-corrected chi connectivity index (χ2v) is 6.07. The monoisotopic (exact) mass is 358 g/mol. The van der Waals surface area contributed by atoms with Gasteiger partial charge in [-0.1, -0.05) is 0 Å². The maximum absolute atomic E-state index is 11.7. The number of guanidine groups is 1. The van der Waals surface area contributed by atoms with Crippen LogP contribution in [0.4, 0.5) is 0 Å². The number of hydrogen-bond donors (Lipinski definition) is 2. The van der Waals surface area contributed by atoms with Crippen molar-refractivity contribution < 1.29 is 19.0 Å². The summed E-state index contributed by atoms with van der Waals surface area (Å²) in [4.78, 5) is 17.6. The van der Waals surface area contributed by atoms with E-state index in [1.165, 1.54) is 4.90 Å². The van der Waals surface area contributed by atoms with Gasteiger partial charge >= 0.3 is 0 Å². The molecule has 25 heavy (non-hydrogen) atoms. The lowest BCUT2D eigenvalue weighted by Crippen LogP contribution is -2.40. The fourth-order valence-electron chi connectivity index (χ4n) is 2.16.